The number of alkyl halides is 3. The van der Waals surface area contributed by atoms with Crippen LogP contribution in [0.1, 0.15) is 48.0 Å². The Morgan fingerprint density at radius 1 is 0.865 bits per heavy atom. The van der Waals surface area contributed by atoms with Crippen LogP contribution in [-0.4, -0.2) is 20.2 Å². The standard InChI is InChI=1S/C30H25F3N4/c1-20(2)37-26-18-25(35-28(22-9-5-3-6-10-22)23-11-7-4-8-12-23)19-34-29(26)36-27(37)17-21-13-15-24(16-14-21)30(31,32)33/h3-16,18-20H,17H2,1-2H3. The molecular weight excluding hydrogens is 473 g/mol. The summed E-state index contributed by atoms with van der Waals surface area (Å²) in [6.45, 7) is 4.10. The van der Waals surface area contributed by atoms with Gasteiger partial charge in [-0.1, -0.05) is 72.8 Å². The lowest BCUT2D eigenvalue weighted by atomic mass is 10.0. The third-order valence-electron chi connectivity index (χ3n) is 6.10. The highest BCUT2D eigenvalue weighted by Crippen LogP contribution is 2.30. The Bertz CT molecular complexity index is 1490. The number of rotatable bonds is 6. The normalized spacial score (nSPS) is 11.7. The lowest BCUT2D eigenvalue weighted by Crippen LogP contribution is -2.08. The van der Waals surface area contributed by atoms with Gasteiger partial charge in [-0.15, -0.1) is 0 Å². The molecule has 2 aromatic heterocycles. The molecule has 2 heterocycles. The van der Waals surface area contributed by atoms with Crippen LogP contribution < -0.4 is 0 Å². The largest absolute Gasteiger partial charge is 0.416 e. The highest BCUT2D eigenvalue weighted by atomic mass is 19.4. The van der Waals surface area contributed by atoms with Gasteiger partial charge in [0.2, 0.25) is 0 Å². The summed E-state index contributed by atoms with van der Waals surface area (Å²) in [6.07, 6.45) is -2.26. The SMILES string of the molecule is CC(C)n1c(Cc2ccc(C(F)(F)F)cc2)nc2ncc(N=C(c3ccccc3)c3ccccc3)cc21. The van der Waals surface area contributed by atoms with Gasteiger partial charge in [-0.2, -0.15) is 13.2 Å². The maximum absolute atomic E-state index is 13.0. The van der Waals surface area contributed by atoms with Crippen molar-refractivity contribution in [3.8, 4) is 0 Å². The molecule has 5 aromatic rings. The molecule has 0 fully saturated rings. The molecule has 0 saturated carbocycles. The Morgan fingerprint density at radius 2 is 1.46 bits per heavy atom. The van der Waals surface area contributed by atoms with Crippen molar-refractivity contribution in [3.63, 3.8) is 0 Å². The number of imidazole rings is 1. The van der Waals surface area contributed by atoms with E-state index in [1.807, 2.05) is 80.6 Å². The van der Waals surface area contributed by atoms with Gasteiger partial charge in [0.1, 0.15) is 5.82 Å². The number of hydrogen-bond donors (Lipinski definition) is 0. The van der Waals surface area contributed by atoms with E-state index in [0.717, 1.165) is 45.9 Å². The second-order valence-electron chi connectivity index (χ2n) is 9.09. The zero-order valence-corrected chi connectivity index (χ0v) is 20.4. The lowest BCUT2D eigenvalue weighted by Gasteiger charge is -2.14. The summed E-state index contributed by atoms with van der Waals surface area (Å²) in [6, 6.07) is 27.2. The molecule has 37 heavy (non-hydrogen) atoms. The van der Waals surface area contributed by atoms with Crippen LogP contribution in [0.15, 0.2) is 102 Å². The zero-order valence-electron chi connectivity index (χ0n) is 20.4. The van der Waals surface area contributed by atoms with Crippen molar-refractivity contribution in [1.82, 2.24) is 14.5 Å². The molecule has 7 heteroatoms. The molecule has 0 N–H and O–H groups in total. The van der Waals surface area contributed by atoms with E-state index in [4.69, 9.17) is 9.98 Å². The zero-order chi connectivity index (χ0) is 26.0. The monoisotopic (exact) mass is 498 g/mol. The number of hydrogen-bond acceptors (Lipinski definition) is 3. The van der Waals surface area contributed by atoms with E-state index in [0.29, 0.717) is 17.8 Å². The molecule has 0 bridgehead atoms. The van der Waals surface area contributed by atoms with Crippen molar-refractivity contribution in [2.75, 3.05) is 0 Å². The van der Waals surface area contributed by atoms with E-state index in [1.165, 1.54) is 12.1 Å². The van der Waals surface area contributed by atoms with E-state index >= 15 is 0 Å². The first-order valence-corrected chi connectivity index (χ1v) is 12.0. The van der Waals surface area contributed by atoms with E-state index < -0.39 is 11.7 Å². The van der Waals surface area contributed by atoms with Gasteiger partial charge >= 0.3 is 6.18 Å². The summed E-state index contributed by atoms with van der Waals surface area (Å²) in [5, 5.41) is 0. The molecule has 4 nitrogen and oxygen atoms in total. The molecule has 0 aliphatic rings. The number of aliphatic imine (C=N–C) groups is 1. The average Bonchev–Trinajstić information content (AvgIpc) is 3.25. The number of halogens is 3. The van der Waals surface area contributed by atoms with Crippen LogP contribution in [0.3, 0.4) is 0 Å². The van der Waals surface area contributed by atoms with Crippen molar-refractivity contribution in [2.24, 2.45) is 4.99 Å². The van der Waals surface area contributed by atoms with Gasteiger partial charge in [0.05, 0.1) is 28.7 Å². The molecule has 0 spiro atoms. The molecule has 0 radical (unpaired) electrons. The van der Waals surface area contributed by atoms with Gasteiger partial charge < -0.3 is 4.57 Å². The van der Waals surface area contributed by atoms with Gasteiger partial charge in [0.25, 0.3) is 0 Å². The fourth-order valence-electron chi connectivity index (χ4n) is 4.39. The Labute approximate surface area is 213 Å². The predicted octanol–water partition coefficient (Wildman–Crippen LogP) is 7.79. The van der Waals surface area contributed by atoms with Gasteiger partial charge in [-0.3, -0.25) is 0 Å². The molecular formula is C30H25F3N4. The highest BCUT2D eigenvalue weighted by molar-refractivity contribution is 6.14. The first kappa shape index (κ1) is 24.4. The van der Waals surface area contributed by atoms with Gasteiger partial charge in [-0.25, -0.2) is 15.0 Å². The molecule has 5 rings (SSSR count). The maximum Gasteiger partial charge on any atom is 0.416 e. The summed E-state index contributed by atoms with van der Waals surface area (Å²) in [7, 11) is 0. The van der Waals surface area contributed by atoms with Crippen LogP contribution in [0.4, 0.5) is 18.9 Å². The van der Waals surface area contributed by atoms with Crippen LogP contribution in [0.2, 0.25) is 0 Å². The van der Waals surface area contributed by atoms with Crippen molar-refractivity contribution < 1.29 is 13.2 Å². The third kappa shape index (κ3) is 5.31. The molecule has 0 atom stereocenters. The smallest absolute Gasteiger partial charge is 0.324 e. The lowest BCUT2D eigenvalue weighted by molar-refractivity contribution is -0.137. The van der Waals surface area contributed by atoms with Crippen molar-refractivity contribution >= 4 is 22.6 Å². The number of fused-ring (bicyclic) bond motifs is 1. The van der Waals surface area contributed by atoms with E-state index in [1.54, 1.807) is 6.20 Å². The van der Waals surface area contributed by atoms with Crippen LogP contribution >= 0.6 is 0 Å². The Balaban J connectivity index is 1.56. The minimum absolute atomic E-state index is 0.0678. The van der Waals surface area contributed by atoms with E-state index in [-0.39, 0.29) is 6.04 Å². The summed E-state index contributed by atoms with van der Waals surface area (Å²) in [4.78, 5) is 14.3. The van der Waals surface area contributed by atoms with Crippen LogP contribution in [0, 0.1) is 0 Å². The second-order valence-corrected chi connectivity index (χ2v) is 9.09. The number of benzene rings is 3. The molecule has 0 unspecified atom stereocenters. The Kier molecular flexibility index (Phi) is 6.61. The summed E-state index contributed by atoms with van der Waals surface area (Å²) in [5.41, 5.74) is 5.02. The summed E-state index contributed by atoms with van der Waals surface area (Å²) >= 11 is 0. The topological polar surface area (TPSA) is 43.1 Å². The van der Waals surface area contributed by atoms with Crippen LogP contribution in [0.5, 0.6) is 0 Å². The Hall–Kier alpha value is -4.26. The second kappa shape index (κ2) is 10.0. The predicted molar refractivity (Wildman–Crippen MR) is 140 cm³/mol. The highest BCUT2D eigenvalue weighted by Gasteiger charge is 2.30. The quantitative estimate of drug-likeness (QED) is 0.224. The minimum atomic E-state index is -4.36. The molecule has 3 aromatic carbocycles. The summed E-state index contributed by atoms with van der Waals surface area (Å²) < 4.78 is 41.0. The van der Waals surface area contributed by atoms with E-state index in [9.17, 15) is 13.2 Å². The number of pyridine rings is 1. The van der Waals surface area contributed by atoms with E-state index in [2.05, 4.69) is 9.55 Å². The summed E-state index contributed by atoms with van der Waals surface area (Å²) in [5.74, 6) is 0.740. The number of nitrogens with zero attached hydrogens (tertiary/aromatic N) is 4. The van der Waals surface area contributed by atoms with Gasteiger partial charge in [0, 0.05) is 23.6 Å². The molecule has 0 saturated heterocycles. The molecule has 0 aliphatic carbocycles. The fraction of sp³-hybridized carbons (Fsp3) is 0.167. The average molecular weight is 499 g/mol. The van der Waals surface area contributed by atoms with Crippen LogP contribution in [-0.2, 0) is 12.6 Å². The Morgan fingerprint density at radius 3 is 2.00 bits per heavy atom. The third-order valence-corrected chi connectivity index (χ3v) is 6.10. The van der Waals surface area contributed by atoms with Crippen molar-refractivity contribution in [2.45, 2.75) is 32.5 Å². The first-order valence-electron chi connectivity index (χ1n) is 12.0. The van der Waals surface area contributed by atoms with Crippen LogP contribution in [0.25, 0.3) is 11.2 Å². The molecule has 186 valence electrons. The minimum Gasteiger partial charge on any atom is -0.324 e. The molecule has 0 aliphatic heterocycles. The maximum atomic E-state index is 13.0. The molecule has 0 amide bonds. The number of aromatic nitrogens is 3. The first-order chi connectivity index (χ1) is 17.8. The van der Waals surface area contributed by atoms with Gasteiger partial charge in [-0.05, 0) is 37.6 Å². The fourth-order valence-corrected chi connectivity index (χ4v) is 4.39. The van der Waals surface area contributed by atoms with Crippen molar-refractivity contribution in [3.05, 3.63) is 125 Å². The van der Waals surface area contributed by atoms with Gasteiger partial charge in [0.15, 0.2) is 5.65 Å². The van der Waals surface area contributed by atoms with Crippen molar-refractivity contribution in [1.29, 1.82) is 0 Å².